The van der Waals surface area contributed by atoms with Gasteiger partial charge in [-0.15, -0.1) is 0 Å². The third-order valence-electron chi connectivity index (χ3n) is 3.55. The smallest absolute Gasteiger partial charge is 0.279 e. The van der Waals surface area contributed by atoms with E-state index in [4.69, 9.17) is 0 Å². The van der Waals surface area contributed by atoms with Crippen molar-refractivity contribution in [2.45, 2.75) is 26.3 Å². The van der Waals surface area contributed by atoms with E-state index in [2.05, 4.69) is 10.0 Å². The van der Waals surface area contributed by atoms with Gasteiger partial charge < -0.3 is 5.32 Å². The van der Waals surface area contributed by atoms with Crippen LogP contribution in [0.5, 0.6) is 0 Å². The van der Waals surface area contributed by atoms with Gasteiger partial charge in [0.25, 0.3) is 10.2 Å². The van der Waals surface area contributed by atoms with Gasteiger partial charge in [-0.2, -0.15) is 17.4 Å². The topological polar surface area (TPSA) is 61.4 Å². The number of benzene rings is 1. The van der Waals surface area contributed by atoms with E-state index in [0.717, 1.165) is 0 Å². The Morgan fingerprint density at radius 3 is 2.60 bits per heavy atom. The molecular formula is C14H23N3O2S. The first-order chi connectivity index (χ1) is 9.49. The van der Waals surface area contributed by atoms with Gasteiger partial charge in [0.05, 0.1) is 0 Å². The van der Waals surface area contributed by atoms with Gasteiger partial charge in [-0.3, -0.25) is 0 Å². The molecule has 1 atom stereocenters. The summed E-state index contributed by atoms with van der Waals surface area (Å²) in [5, 5.41) is 3.15. The molecule has 6 heteroatoms. The van der Waals surface area contributed by atoms with Crippen molar-refractivity contribution in [3.63, 3.8) is 0 Å². The maximum absolute atomic E-state index is 12.3. The number of hydrogen-bond acceptors (Lipinski definition) is 3. The van der Waals surface area contributed by atoms with Gasteiger partial charge >= 0.3 is 0 Å². The van der Waals surface area contributed by atoms with Crippen molar-refractivity contribution in [3.05, 3.63) is 35.4 Å². The van der Waals surface area contributed by atoms with Crippen LogP contribution in [0.1, 0.15) is 18.1 Å². The SMILES string of the molecule is Cc1ccccc1CC(C)NS(=O)(=O)N1CCNCC1. The van der Waals surface area contributed by atoms with Crippen LogP contribution < -0.4 is 10.0 Å². The standard InChI is InChI=1S/C14H23N3O2S/c1-12-5-3-4-6-14(12)11-13(2)16-20(18,19)17-9-7-15-8-10-17/h3-6,13,15-16H,7-11H2,1-2H3. The van der Waals surface area contributed by atoms with Crippen LogP contribution in [0.4, 0.5) is 0 Å². The zero-order valence-corrected chi connectivity index (χ0v) is 12.9. The minimum absolute atomic E-state index is 0.115. The maximum atomic E-state index is 12.3. The lowest BCUT2D eigenvalue weighted by Gasteiger charge is -2.28. The lowest BCUT2D eigenvalue weighted by Crippen LogP contribution is -2.52. The highest BCUT2D eigenvalue weighted by atomic mass is 32.2. The van der Waals surface area contributed by atoms with Gasteiger partial charge in [0.1, 0.15) is 0 Å². The Hall–Kier alpha value is -0.950. The third kappa shape index (κ3) is 4.02. The molecule has 112 valence electrons. The van der Waals surface area contributed by atoms with Crippen molar-refractivity contribution in [2.24, 2.45) is 0 Å². The zero-order chi connectivity index (χ0) is 14.6. The minimum Gasteiger partial charge on any atom is -0.314 e. The quantitative estimate of drug-likeness (QED) is 0.839. The number of aryl methyl sites for hydroxylation is 1. The number of hydrogen-bond donors (Lipinski definition) is 2. The Kier molecular flexibility index (Phi) is 5.15. The van der Waals surface area contributed by atoms with Crippen LogP contribution in [-0.2, 0) is 16.6 Å². The van der Waals surface area contributed by atoms with Gasteiger partial charge in [0.15, 0.2) is 0 Å². The molecule has 0 saturated carbocycles. The minimum atomic E-state index is -3.37. The van der Waals surface area contributed by atoms with Gasteiger partial charge in [0, 0.05) is 32.2 Å². The van der Waals surface area contributed by atoms with Gasteiger partial charge in [-0.25, -0.2) is 0 Å². The highest BCUT2D eigenvalue weighted by Crippen LogP contribution is 2.11. The highest BCUT2D eigenvalue weighted by molar-refractivity contribution is 7.87. The second-order valence-electron chi connectivity index (χ2n) is 5.30. The van der Waals surface area contributed by atoms with Gasteiger partial charge in [-0.05, 0) is 31.4 Å². The van der Waals surface area contributed by atoms with Gasteiger partial charge in [0.2, 0.25) is 0 Å². The van der Waals surface area contributed by atoms with Crippen molar-refractivity contribution >= 4 is 10.2 Å². The molecule has 1 fully saturated rings. The van der Waals surface area contributed by atoms with E-state index < -0.39 is 10.2 Å². The molecule has 0 spiro atoms. The van der Waals surface area contributed by atoms with E-state index in [1.165, 1.54) is 15.4 Å². The van der Waals surface area contributed by atoms with Crippen molar-refractivity contribution < 1.29 is 8.42 Å². The van der Waals surface area contributed by atoms with E-state index in [1.807, 2.05) is 38.1 Å². The fourth-order valence-corrected chi connectivity index (χ4v) is 3.83. The molecule has 2 rings (SSSR count). The van der Waals surface area contributed by atoms with Crippen molar-refractivity contribution in [3.8, 4) is 0 Å². The average molecular weight is 297 g/mol. The Labute approximate surface area is 121 Å². The van der Waals surface area contributed by atoms with E-state index in [-0.39, 0.29) is 6.04 Å². The Morgan fingerprint density at radius 1 is 1.30 bits per heavy atom. The molecule has 20 heavy (non-hydrogen) atoms. The Bertz CT molecular complexity index is 539. The van der Waals surface area contributed by atoms with Crippen LogP contribution >= 0.6 is 0 Å². The van der Waals surface area contributed by atoms with Gasteiger partial charge in [-0.1, -0.05) is 24.3 Å². The molecule has 2 N–H and O–H groups in total. The van der Waals surface area contributed by atoms with E-state index in [0.29, 0.717) is 32.6 Å². The number of rotatable bonds is 5. The number of nitrogens with zero attached hydrogens (tertiary/aromatic N) is 1. The summed E-state index contributed by atoms with van der Waals surface area (Å²) >= 11 is 0. The molecule has 0 radical (unpaired) electrons. The lowest BCUT2D eigenvalue weighted by atomic mass is 10.0. The summed E-state index contributed by atoms with van der Waals surface area (Å²) in [6.45, 7) is 6.46. The highest BCUT2D eigenvalue weighted by Gasteiger charge is 2.25. The average Bonchev–Trinajstić information content (AvgIpc) is 2.42. The molecule has 1 unspecified atom stereocenters. The fraction of sp³-hybridized carbons (Fsp3) is 0.571. The van der Waals surface area contributed by atoms with Crippen molar-refractivity contribution in [2.75, 3.05) is 26.2 Å². The first-order valence-corrected chi connectivity index (χ1v) is 8.45. The number of nitrogens with one attached hydrogen (secondary N) is 2. The molecule has 1 aromatic carbocycles. The largest absolute Gasteiger partial charge is 0.314 e. The summed E-state index contributed by atoms with van der Waals surface area (Å²) in [5.74, 6) is 0. The summed E-state index contributed by atoms with van der Waals surface area (Å²) in [7, 11) is -3.37. The lowest BCUT2D eigenvalue weighted by molar-refractivity contribution is 0.352. The molecule has 1 saturated heterocycles. The monoisotopic (exact) mass is 297 g/mol. The van der Waals surface area contributed by atoms with Crippen LogP contribution in [0.25, 0.3) is 0 Å². The molecule has 1 aliphatic heterocycles. The Morgan fingerprint density at radius 2 is 1.95 bits per heavy atom. The molecule has 0 amide bonds. The second-order valence-corrected chi connectivity index (χ2v) is 7.01. The van der Waals surface area contributed by atoms with Crippen LogP contribution in [0.3, 0.4) is 0 Å². The van der Waals surface area contributed by atoms with Crippen LogP contribution in [0, 0.1) is 6.92 Å². The van der Waals surface area contributed by atoms with Crippen LogP contribution in [0.15, 0.2) is 24.3 Å². The summed E-state index contributed by atoms with van der Waals surface area (Å²) in [5.41, 5.74) is 2.38. The predicted molar refractivity (Wildman–Crippen MR) is 80.8 cm³/mol. The molecule has 0 bridgehead atoms. The first kappa shape index (κ1) is 15.4. The molecule has 1 aliphatic rings. The summed E-state index contributed by atoms with van der Waals surface area (Å²) in [6.07, 6.45) is 0.706. The molecule has 1 aromatic rings. The van der Waals surface area contributed by atoms with E-state index in [1.54, 1.807) is 0 Å². The molecular weight excluding hydrogens is 274 g/mol. The summed E-state index contributed by atoms with van der Waals surface area (Å²) in [4.78, 5) is 0. The molecule has 5 nitrogen and oxygen atoms in total. The Balaban J connectivity index is 1.96. The summed E-state index contributed by atoms with van der Waals surface area (Å²) < 4.78 is 28.8. The molecule has 0 aromatic heterocycles. The molecule has 0 aliphatic carbocycles. The third-order valence-corrected chi connectivity index (χ3v) is 5.30. The van der Waals surface area contributed by atoms with Crippen molar-refractivity contribution in [1.29, 1.82) is 0 Å². The second kappa shape index (κ2) is 6.67. The van der Waals surface area contributed by atoms with E-state index in [9.17, 15) is 8.42 Å². The fourth-order valence-electron chi connectivity index (χ4n) is 2.42. The van der Waals surface area contributed by atoms with Crippen LogP contribution in [-0.4, -0.2) is 44.9 Å². The molecule has 1 heterocycles. The first-order valence-electron chi connectivity index (χ1n) is 7.01. The normalized spacial score (nSPS) is 18.9. The van der Waals surface area contributed by atoms with Crippen LogP contribution in [0.2, 0.25) is 0 Å². The number of piperazine rings is 1. The predicted octanol–water partition coefficient (Wildman–Crippen LogP) is 0.666. The van der Waals surface area contributed by atoms with E-state index >= 15 is 0 Å². The zero-order valence-electron chi connectivity index (χ0n) is 12.1. The van der Waals surface area contributed by atoms with Crippen molar-refractivity contribution in [1.82, 2.24) is 14.3 Å². The maximum Gasteiger partial charge on any atom is 0.279 e. The summed E-state index contributed by atoms with van der Waals surface area (Å²) in [6, 6.07) is 7.96.